The molecule has 0 radical (unpaired) electrons. The molecule has 2 aromatic carbocycles. The number of nitrogens with one attached hydrogen (secondary N) is 1. The summed E-state index contributed by atoms with van der Waals surface area (Å²) in [6, 6.07) is 14.8. The molecule has 0 bridgehead atoms. The topological polar surface area (TPSA) is 54.9 Å². The predicted octanol–water partition coefficient (Wildman–Crippen LogP) is 5.49. The van der Waals surface area contributed by atoms with Crippen molar-refractivity contribution >= 4 is 57.2 Å². The van der Waals surface area contributed by atoms with Gasteiger partial charge in [0.05, 0.1) is 5.03 Å². The van der Waals surface area contributed by atoms with E-state index in [-0.39, 0.29) is 10.9 Å². The van der Waals surface area contributed by atoms with Crippen LogP contribution in [0, 0.1) is 6.92 Å². The van der Waals surface area contributed by atoms with E-state index in [1.54, 1.807) is 30.3 Å². The highest BCUT2D eigenvalue weighted by molar-refractivity contribution is 7.15. The Morgan fingerprint density at radius 1 is 1.12 bits per heavy atom. The molecule has 1 heterocycles. The Balaban J connectivity index is 1.75. The van der Waals surface area contributed by atoms with Gasteiger partial charge in [-0.2, -0.15) is 0 Å². The fourth-order valence-electron chi connectivity index (χ4n) is 2.10. The third-order valence-electron chi connectivity index (χ3n) is 3.26. The number of hydrogen-bond donors (Lipinski definition) is 1. The average molecular weight is 390 g/mol. The number of carbonyl (C=O) groups is 1. The molecule has 126 valence electrons. The minimum Gasteiger partial charge on any atom is -0.320 e. The van der Waals surface area contributed by atoms with E-state index in [4.69, 9.17) is 23.2 Å². The van der Waals surface area contributed by atoms with Gasteiger partial charge in [0.2, 0.25) is 5.01 Å². The van der Waals surface area contributed by atoms with E-state index in [9.17, 15) is 4.79 Å². The first-order valence-corrected chi connectivity index (χ1v) is 8.93. The lowest BCUT2D eigenvalue weighted by atomic mass is 10.1. The van der Waals surface area contributed by atoms with Crippen molar-refractivity contribution in [3.05, 3.63) is 74.7 Å². The van der Waals surface area contributed by atoms with Crippen LogP contribution in [0.3, 0.4) is 0 Å². The molecule has 0 aliphatic carbocycles. The number of aromatic nitrogens is 2. The fourth-order valence-corrected chi connectivity index (χ4v) is 3.15. The number of amides is 1. The summed E-state index contributed by atoms with van der Waals surface area (Å²) < 4.78 is 0. The molecule has 7 heteroatoms. The lowest BCUT2D eigenvalue weighted by molar-refractivity contribution is 0.102. The number of benzene rings is 2. The zero-order valence-electron chi connectivity index (χ0n) is 13.2. The maximum absolute atomic E-state index is 12.2. The van der Waals surface area contributed by atoms with Crippen molar-refractivity contribution in [2.75, 3.05) is 5.32 Å². The van der Waals surface area contributed by atoms with E-state index in [0.29, 0.717) is 20.7 Å². The summed E-state index contributed by atoms with van der Waals surface area (Å²) >= 11 is 13.3. The summed E-state index contributed by atoms with van der Waals surface area (Å²) in [6.45, 7) is 2.01. The maximum Gasteiger partial charge on any atom is 0.286 e. The molecule has 4 nitrogen and oxygen atoms in total. The van der Waals surface area contributed by atoms with Crippen LogP contribution in [0.5, 0.6) is 0 Å². The van der Waals surface area contributed by atoms with Crippen LogP contribution in [0.25, 0.3) is 11.1 Å². The molecule has 0 aliphatic rings. The summed E-state index contributed by atoms with van der Waals surface area (Å²) in [5.74, 6) is -0.342. The second-order valence-corrected chi connectivity index (χ2v) is 7.10. The average Bonchev–Trinajstić information content (AvgIpc) is 3.07. The van der Waals surface area contributed by atoms with Crippen molar-refractivity contribution in [1.82, 2.24) is 10.2 Å². The number of hydrogen-bond acceptors (Lipinski definition) is 4. The number of carbonyl (C=O) groups excluding carboxylic acids is 1. The molecule has 0 unspecified atom stereocenters. The van der Waals surface area contributed by atoms with E-state index < -0.39 is 0 Å². The molecule has 0 aliphatic heterocycles. The van der Waals surface area contributed by atoms with Gasteiger partial charge < -0.3 is 5.32 Å². The van der Waals surface area contributed by atoms with Gasteiger partial charge in [0.25, 0.3) is 5.91 Å². The van der Waals surface area contributed by atoms with Gasteiger partial charge in [0.1, 0.15) is 0 Å². The summed E-state index contributed by atoms with van der Waals surface area (Å²) in [7, 11) is 0. The summed E-state index contributed by atoms with van der Waals surface area (Å²) in [6.07, 6.45) is 1.80. The van der Waals surface area contributed by atoms with Gasteiger partial charge in [-0.25, -0.2) is 0 Å². The Hall–Kier alpha value is -2.21. The lowest BCUT2D eigenvalue weighted by Crippen LogP contribution is -2.11. The molecule has 1 aromatic heterocycles. The first-order valence-electron chi connectivity index (χ1n) is 7.36. The zero-order chi connectivity index (χ0) is 17.8. The minimum absolute atomic E-state index is 0.237. The molecule has 1 amide bonds. The zero-order valence-corrected chi connectivity index (χ0v) is 15.5. The van der Waals surface area contributed by atoms with E-state index in [1.807, 2.05) is 31.2 Å². The van der Waals surface area contributed by atoms with Crippen LogP contribution >= 0.6 is 34.5 Å². The van der Waals surface area contributed by atoms with Crippen molar-refractivity contribution in [3.63, 3.8) is 0 Å². The standard InChI is InChI=1S/C18H13Cl2N3OS/c1-11-3-2-4-12(9-11)10-15(20)17-22-23-18(25-17)16(24)21-14-7-5-13(19)6-8-14/h2-10H,1H3,(H,21,24)/b15-10-. The van der Waals surface area contributed by atoms with Crippen molar-refractivity contribution in [3.8, 4) is 0 Å². The highest BCUT2D eigenvalue weighted by atomic mass is 35.5. The van der Waals surface area contributed by atoms with Gasteiger partial charge in [-0.3, -0.25) is 4.79 Å². The third-order valence-corrected chi connectivity index (χ3v) is 4.87. The molecule has 3 rings (SSSR count). The van der Waals surface area contributed by atoms with Crippen LogP contribution in [0.4, 0.5) is 5.69 Å². The van der Waals surface area contributed by atoms with E-state index in [1.165, 1.54) is 0 Å². The highest BCUT2D eigenvalue weighted by Crippen LogP contribution is 2.26. The Labute approximate surface area is 159 Å². The van der Waals surface area contributed by atoms with Crippen molar-refractivity contribution in [2.45, 2.75) is 6.92 Å². The summed E-state index contributed by atoms with van der Waals surface area (Å²) in [4.78, 5) is 12.2. The van der Waals surface area contributed by atoms with Gasteiger partial charge in [-0.05, 0) is 42.8 Å². The van der Waals surface area contributed by atoms with Crippen LogP contribution in [-0.2, 0) is 0 Å². The second-order valence-electron chi connectivity index (χ2n) is 5.28. The predicted molar refractivity (Wildman–Crippen MR) is 104 cm³/mol. The van der Waals surface area contributed by atoms with Crippen LogP contribution in [0.2, 0.25) is 5.02 Å². The summed E-state index contributed by atoms with van der Waals surface area (Å²) in [5.41, 5.74) is 2.73. The molecule has 0 saturated carbocycles. The van der Waals surface area contributed by atoms with Crippen molar-refractivity contribution in [2.24, 2.45) is 0 Å². The van der Waals surface area contributed by atoms with Gasteiger partial charge in [-0.15, -0.1) is 10.2 Å². The number of anilines is 1. The largest absolute Gasteiger partial charge is 0.320 e. The molecule has 0 saturated heterocycles. The van der Waals surface area contributed by atoms with Crippen molar-refractivity contribution in [1.29, 1.82) is 0 Å². The first kappa shape index (κ1) is 17.6. The van der Waals surface area contributed by atoms with Gasteiger partial charge in [0, 0.05) is 10.7 Å². The van der Waals surface area contributed by atoms with Crippen LogP contribution < -0.4 is 5.32 Å². The normalized spacial score (nSPS) is 11.4. The molecular weight excluding hydrogens is 377 g/mol. The lowest BCUT2D eigenvalue weighted by Gasteiger charge is -2.01. The highest BCUT2D eigenvalue weighted by Gasteiger charge is 2.14. The Bertz CT molecular complexity index is 936. The number of nitrogens with zero attached hydrogens (tertiary/aromatic N) is 2. The Kier molecular flexibility index (Phi) is 5.48. The number of aryl methyl sites for hydroxylation is 1. The number of halogens is 2. The molecule has 1 N–H and O–H groups in total. The molecule has 0 atom stereocenters. The first-order chi connectivity index (χ1) is 12.0. The monoisotopic (exact) mass is 389 g/mol. The SMILES string of the molecule is Cc1cccc(/C=C(\Cl)c2nnc(C(=O)Nc3ccc(Cl)cc3)s2)c1. The molecular formula is C18H13Cl2N3OS. The molecule has 0 spiro atoms. The summed E-state index contributed by atoms with van der Waals surface area (Å²) in [5, 5.41) is 12.4. The van der Waals surface area contributed by atoms with Crippen LogP contribution in [0.15, 0.2) is 48.5 Å². The minimum atomic E-state index is -0.342. The fraction of sp³-hybridized carbons (Fsp3) is 0.0556. The van der Waals surface area contributed by atoms with E-state index >= 15 is 0 Å². The Morgan fingerprint density at radius 3 is 2.56 bits per heavy atom. The quantitative estimate of drug-likeness (QED) is 0.641. The Morgan fingerprint density at radius 2 is 1.84 bits per heavy atom. The van der Waals surface area contributed by atoms with Crippen LogP contribution in [-0.4, -0.2) is 16.1 Å². The van der Waals surface area contributed by atoms with Gasteiger partial charge >= 0.3 is 0 Å². The van der Waals surface area contributed by atoms with E-state index in [2.05, 4.69) is 15.5 Å². The third kappa shape index (κ3) is 4.66. The maximum atomic E-state index is 12.2. The second kappa shape index (κ2) is 7.78. The molecule has 3 aromatic rings. The smallest absolute Gasteiger partial charge is 0.286 e. The van der Waals surface area contributed by atoms with Crippen LogP contribution in [0.1, 0.15) is 25.9 Å². The molecule has 25 heavy (non-hydrogen) atoms. The van der Waals surface area contributed by atoms with Gasteiger partial charge in [-0.1, -0.05) is 64.4 Å². The number of rotatable bonds is 4. The van der Waals surface area contributed by atoms with Gasteiger partial charge in [0.15, 0.2) is 5.01 Å². The van der Waals surface area contributed by atoms with Crippen molar-refractivity contribution < 1.29 is 4.79 Å². The molecule has 0 fully saturated rings. The van der Waals surface area contributed by atoms with E-state index in [0.717, 1.165) is 22.5 Å².